The quantitative estimate of drug-likeness (QED) is 0.686. The third kappa shape index (κ3) is 2.61. The van der Waals surface area contributed by atoms with Crippen LogP contribution in [0.1, 0.15) is 29.9 Å². The van der Waals surface area contributed by atoms with Crippen LogP contribution in [-0.4, -0.2) is 46.5 Å². The first-order valence-corrected chi connectivity index (χ1v) is 10.7. The third-order valence-corrected chi connectivity index (χ3v) is 7.47. The molecule has 4 aliphatic rings. The van der Waals surface area contributed by atoms with Gasteiger partial charge in [-0.25, -0.2) is 0 Å². The summed E-state index contributed by atoms with van der Waals surface area (Å²) in [6.45, 7) is 4.82. The number of fused-ring (bicyclic) bond motifs is 3. The molecule has 142 valence electrons. The summed E-state index contributed by atoms with van der Waals surface area (Å²) >= 11 is 0. The first-order chi connectivity index (χ1) is 13.9. The van der Waals surface area contributed by atoms with Crippen molar-refractivity contribution in [2.45, 2.75) is 37.4 Å². The van der Waals surface area contributed by atoms with Gasteiger partial charge in [-0.15, -0.1) is 0 Å². The SMILES string of the molecule is c1ccc([C@@H]2CN(Cc3cccc4cnccc34)[C@@H]3C4CCN(CC4)[C@@H]32)cc1. The summed E-state index contributed by atoms with van der Waals surface area (Å²) < 4.78 is 0. The molecule has 2 bridgehead atoms. The van der Waals surface area contributed by atoms with Gasteiger partial charge in [0.05, 0.1) is 0 Å². The maximum Gasteiger partial charge on any atom is 0.0346 e. The molecule has 0 unspecified atom stereocenters. The monoisotopic (exact) mass is 369 g/mol. The molecule has 5 heterocycles. The van der Waals surface area contributed by atoms with Crippen LogP contribution in [0.25, 0.3) is 10.8 Å². The van der Waals surface area contributed by atoms with Crippen LogP contribution in [0.5, 0.6) is 0 Å². The zero-order chi connectivity index (χ0) is 18.5. The molecule has 3 nitrogen and oxygen atoms in total. The number of hydrogen-bond donors (Lipinski definition) is 0. The Morgan fingerprint density at radius 2 is 1.75 bits per heavy atom. The minimum atomic E-state index is 0.631. The molecule has 3 aromatic rings. The molecule has 0 radical (unpaired) electrons. The van der Waals surface area contributed by atoms with Crippen molar-refractivity contribution in [3.63, 3.8) is 0 Å². The molecule has 0 spiro atoms. The van der Waals surface area contributed by atoms with Crippen molar-refractivity contribution in [3.05, 3.63) is 78.1 Å². The molecule has 7 rings (SSSR count). The van der Waals surface area contributed by atoms with E-state index in [1.54, 1.807) is 0 Å². The van der Waals surface area contributed by atoms with Gasteiger partial charge in [0.15, 0.2) is 0 Å². The summed E-state index contributed by atoms with van der Waals surface area (Å²) in [6, 6.07) is 21.5. The second-order valence-electron chi connectivity index (χ2n) is 8.82. The van der Waals surface area contributed by atoms with E-state index in [9.17, 15) is 0 Å². The van der Waals surface area contributed by atoms with E-state index >= 15 is 0 Å². The lowest BCUT2D eigenvalue weighted by atomic mass is 9.75. The number of rotatable bonds is 3. The van der Waals surface area contributed by atoms with Gasteiger partial charge < -0.3 is 0 Å². The highest BCUT2D eigenvalue weighted by Crippen LogP contribution is 2.47. The Morgan fingerprint density at radius 1 is 0.893 bits per heavy atom. The molecular formula is C25H27N3. The smallest absolute Gasteiger partial charge is 0.0346 e. The standard InChI is InChI=1S/C25H27N3/c1-2-5-18(6-3-1)23-17-28(24-19-10-13-27(14-11-19)25(23)24)16-21-8-4-7-20-15-26-12-9-22(20)21/h1-9,12,15,19,23-25H,10-11,13-14,16-17H2/t23-,24+,25+/m0/s1. The number of pyridine rings is 1. The van der Waals surface area contributed by atoms with Crippen LogP contribution in [0.3, 0.4) is 0 Å². The van der Waals surface area contributed by atoms with E-state index < -0.39 is 0 Å². The molecule has 28 heavy (non-hydrogen) atoms. The van der Waals surface area contributed by atoms with Gasteiger partial charge in [-0.3, -0.25) is 14.8 Å². The van der Waals surface area contributed by atoms with Crippen LogP contribution in [0.4, 0.5) is 0 Å². The highest BCUT2D eigenvalue weighted by Gasteiger charge is 2.53. The largest absolute Gasteiger partial charge is 0.298 e. The molecule has 0 N–H and O–H groups in total. The lowest BCUT2D eigenvalue weighted by Gasteiger charge is -2.51. The van der Waals surface area contributed by atoms with Crippen LogP contribution < -0.4 is 0 Å². The number of likely N-dealkylation sites (tertiary alicyclic amines) is 1. The Balaban J connectivity index is 1.38. The number of piperidine rings is 3. The van der Waals surface area contributed by atoms with Gasteiger partial charge in [-0.05, 0) is 54.4 Å². The predicted molar refractivity (Wildman–Crippen MR) is 113 cm³/mol. The number of benzene rings is 2. The van der Waals surface area contributed by atoms with E-state index in [-0.39, 0.29) is 0 Å². The molecule has 4 fully saturated rings. The maximum absolute atomic E-state index is 4.31. The minimum absolute atomic E-state index is 0.631. The first-order valence-electron chi connectivity index (χ1n) is 10.7. The van der Waals surface area contributed by atoms with E-state index in [0.717, 1.165) is 12.5 Å². The van der Waals surface area contributed by atoms with Crippen molar-refractivity contribution in [1.82, 2.24) is 14.8 Å². The molecule has 4 aliphatic heterocycles. The van der Waals surface area contributed by atoms with Crippen LogP contribution in [0, 0.1) is 5.92 Å². The van der Waals surface area contributed by atoms with Crippen molar-refractivity contribution in [2.24, 2.45) is 5.92 Å². The van der Waals surface area contributed by atoms with Crippen molar-refractivity contribution in [2.75, 3.05) is 19.6 Å². The average Bonchev–Trinajstić information content (AvgIpc) is 3.17. The summed E-state index contributed by atoms with van der Waals surface area (Å²) in [7, 11) is 0. The summed E-state index contributed by atoms with van der Waals surface area (Å²) in [5.74, 6) is 1.49. The zero-order valence-corrected chi connectivity index (χ0v) is 16.2. The fourth-order valence-electron chi connectivity index (χ4n) is 6.26. The second kappa shape index (κ2) is 6.68. The van der Waals surface area contributed by atoms with E-state index in [1.807, 2.05) is 12.4 Å². The number of hydrogen-bond acceptors (Lipinski definition) is 3. The third-order valence-electron chi connectivity index (χ3n) is 7.47. The molecule has 3 heteroatoms. The van der Waals surface area contributed by atoms with Crippen LogP contribution in [-0.2, 0) is 6.54 Å². The van der Waals surface area contributed by atoms with Gasteiger partial charge in [0.2, 0.25) is 0 Å². The fourth-order valence-corrected chi connectivity index (χ4v) is 6.26. The topological polar surface area (TPSA) is 19.4 Å². The highest BCUT2D eigenvalue weighted by molar-refractivity contribution is 5.84. The summed E-state index contributed by atoms with van der Waals surface area (Å²) in [6.07, 6.45) is 6.67. The second-order valence-corrected chi connectivity index (χ2v) is 8.82. The lowest BCUT2D eigenvalue weighted by molar-refractivity contribution is -0.00859. The normalized spacial score (nSPS) is 31.9. The minimum Gasteiger partial charge on any atom is -0.298 e. The number of aromatic nitrogens is 1. The molecule has 0 amide bonds. The summed E-state index contributed by atoms with van der Waals surface area (Å²) in [5, 5.41) is 2.61. The molecule has 1 aromatic heterocycles. The van der Waals surface area contributed by atoms with Gasteiger partial charge in [-0.2, -0.15) is 0 Å². The van der Waals surface area contributed by atoms with E-state index in [0.29, 0.717) is 18.0 Å². The molecular weight excluding hydrogens is 342 g/mol. The molecule has 2 aromatic carbocycles. The van der Waals surface area contributed by atoms with Crippen molar-refractivity contribution >= 4 is 10.8 Å². The Labute approximate surface area is 167 Å². The average molecular weight is 370 g/mol. The van der Waals surface area contributed by atoms with E-state index in [4.69, 9.17) is 0 Å². The molecule has 0 aliphatic carbocycles. The maximum atomic E-state index is 4.31. The van der Waals surface area contributed by atoms with E-state index in [2.05, 4.69) is 69.4 Å². The van der Waals surface area contributed by atoms with Crippen LogP contribution in [0.2, 0.25) is 0 Å². The van der Waals surface area contributed by atoms with Crippen molar-refractivity contribution in [1.29, 1.82) is 0 Å². The Bertz CT molecular complexity index is 972. The van der Waals surface area contributed by atoms with Gasteiger partial charge in [0.1, 0.15) is 0 Å². The zero-order valence-electron chi connectivity index (χ0n) is 16.2. The first kappa shape index (κ1) is 16.7. The van der Waals surface area contributed by atoms with E-state index in [1.165, 1.54) is 54.4 Å². The van der Waals surface area contributed by atoms with Gasteiger partial charge >= 0.3 is 0 Å². The van der Waals surface area contributed by atoms with Gasteiger partial charge in [-0.1, -0.05) is 48.5 Å². The molecule has 0 saturated carbocycles. The predicted octanol–water partition coefficient (Wildman–Crippen LogP) is 4.30. The summed E-state index contributed by atoms with van der Waals surface area (Å²) in [4.78, 5) is 9.93. The summed E-state index contributed by atoms with van der Waals surface area (Å²) in [5.41, 5.74) is 2.97. The van der Waals surface area contributed by atoms with Gasteiger partial charge in [0, 0.05) is 48.9 Å². The Morgan fingerprint density at radius 3 is 2.61 bits per heavy atom. The highest BCUT2D eigenvalue weighted by atomic mass is 15.3. The molecule has 3 atom stereocenters. The van der Waals surface area contributed by atoms with Crippen LogP contribution in [0.15, 0.2) is 67.0 Å². The van der Waals surface area contributed by atoms with Crippen molar-refractivity contribution in [3.8, 4) is 0 Å². The number of nitrogens with zero attached hydrogens (tertiary/aromatic N) is 3. The van der Waals surface area contributed by atoms with Gasteiger partial charge in [0.25, 0.3) is 0 Å². The van der Waals surface area contributed by atoms with Crippen LogP contribution >= 0.6 is 0 Å². The Kier molecular flexibility index (Phi) is 3.98. The molecule has 4 saturated heterocycles. The Hall–Kier alpha value is -2.23. The van der Waals surface area contributed by atoms with Crippen molar-refractivity contribution < 1.29 is 0 Å². The fraction of sp³-hybridized carbons (Fsp3) is 0.400. The lowest BCUT2D eigenvalue weighted by Crippen LogP contribution is -2.59.